The minimum Gasteiger partial charge on any atom is -0.329 e. The van der Waals surface area contributed by atoms with Crippen molar-refractivity contribution in [3.05, 3.63) is 0 Å². The van der Waals surface area contributed by atoms with Crippen molar-refractivity contribution in [3.63, 3.8) is 0 Å². The standard InChI is InChI=1S/C2H7NO3S.Sr/c3-1-2-7(4,5)6;/h1-3H2,(H,4,5,6);. The van der Waals surface area contributed by atoms with Crippen LogP contribution in [0.1, 0.15) is 0 Å². The molecule has 0 aromatic heterocycles. The van der Waals surface area contributed by atoms with Crippen molar-refractivity contribution in [1.29, 1.82) is 0 Å². The van der Waals surface area contributed by atoms with Gasteiger partial charge in [0.05, 0.1) is 5.75 Å². The van der Waals surface area contributed by atoms with Gasteiger partial charge in [-0.15, -0.1) is 0 Å². The van der Waals surface area contributed by atoms with Gasteiger partial charge in [0.1, 0.15) is 0 Å². The summed E-state index contributed by atoms with van der Waals surface area (Å²) >= 11 is 0. The molecule has 0 aromatic rings. The normalized spacial score (nSPS) is 10.2. The van der Waals surface area contributed by atoms with Gasteiger partial charge in [-0.3, -0.25) is 4.55 Å². The van der Waals surface area contributed by atoms with Crippen molar-refractivity contribution in [2.45, 2.75) is 0 Å². The Kier molecular flexibility index (Phi) is 7.78. The SMILES string of the molecule is NCCS(=O)(=O)O.[Sr]. The van der Waals surface area contributed by atoms with E-state index < -0.39 is 10.1 Å². The molecule has 0 saturated carbocycles. The van der Waals surface area contributed by atoms with Crippen LogP contribution in [0.15, 0.2) is 0 Å². The largest absolute Gasteiger partial charge is 0.329 e. The Morgan fingerprint density at radius 2 is 1.88 bits per heavy atom. The van der Waals surface area contributed by atoms with Crippen LogP contribution in [-0.2, 0) is 10.1 Å². The molecule has 0 aliphatic rings. The number of hydrogen-bond acceptors (Lipinski definition) is 3. The van der Waals surface area contributed by atoms with E-state index in [2.05, 4.69) is 0 Å². The van der Waals surface area contributed by atoms with E-state index in [9.17, 15) is 8.42 Å². The second kappa shape index (κ2) is 5.16. The second-order valence-electron chi connectivity index (χ2n) is 1.07. The van der Waals surface area contributed by atoms with Gasteiger partial charge in [0.2, 0.25) is 0 Å². The number of nitrogens with two attached hydrogens (primary N) is 1. The Morgan fingerprint density at radius 1 is 1.50 bits per heavy atom. The Morgan fingerprint density at radius 3 is 1.88 bits per heavy atom. The maximum Gasteiger partial charge on any atom is 0.266 e. The first-order valence-corrected chi connectivity index (χ1v) is 3.32. The summed E-state index contributed by atoms with van der Waals surface area (Å²) in [5.41, 5.74) is 4.78. The van der Waals surface area contributed by atoms with Crippen molar-refractivity contribution in [3.8, 4) is 0 Å². The van der Waals surface area contributed by atoms with Crippen LogP contribution in [0.2, 0.25) is 0 Å². The van der Waals surface area contributed by atoms with Gasteiger partial charge in [-0.2, -0.15) is 8.42 Å². The van der Waals surface area contributed by atoms with Crippen molar-refractivity contribution in [2.75, 3.05) is 12.3 Å². The average molecular weight is 213 g/mol. The molecule has 0 aliphatic heterocycles. The molecule has 0 aliphatic carbocycles. The minimum atomic E-state index is -3.80. The fourth-order valence-electron chi connectivity index (χ4n) is 0.149. The molecule has 0 spiro atoms. The molecule has 0 amide bonds. The summed E-state index contributed by atoms with van der Waals surface area (Å²) in [6.07, 6.45) is 0. The molecule has 0 unspecified atom stereocenters. The molecule has 0 atom stereocenters. The Bertz CT molecular complexity index is 130. The van der Waals surface area contributed by atoms with Crippen LogP contribution in [0.5, 0.6) is 0 Å². The Labute approximate surface area is 85.5 Å². The van der Waals surface area contributed by atoms with E-state index in [1.165, 1.54) is 0 Å². The molecular formula is C2H7NO3SSr. The molecule has 0 rings (SSSR count). The first-order chi connectivity index (χ1) is 3.06. The number of hydrogen-bond donors (Lipinski definition) is 2. The maximum atomic E-state index is 9.71. The summed E-state index contributed by atoms with van der Waals surface area (Å²) in [4.78, 5) is 0. The van der Waals surface area contributed by atoms with Crippen LogP contribution >= 0.6 is 0 Å². The van der Waals surface area contributed by atoms with E-state index in [0.717, 1.165) is 0 Å². The molecule has 2 radical (unpaired) electrons. The third-order valence-corrected chi connectivity index (χ3v) is 1.13. The van der Waals surface area contributed by atoms with Gasteiger partial charge < -0.3 is 5.73 Å². The minimum absolute atomic E-state index is 0. The van der Waals surface area contributed by atoms with Crippen LogP contribution < -0.4 is 5.73 Å². The van der Waals surface area contributed by atoms with Gasteiger partial charge in [-0.1, -0.05) is 0 Å². The number of rotatable bonds is 2. The van der Waals surface area contributed by atoms with Crippen LogP contribution in [0.4, 0.5) is 0 Å². The van der Waals surface area contributed by atoms with Gasteiger partial charge >= 0.3 is 0 Å². The van der Waals surface area contributed by atoms with E-state index in [-0.39, 0.29) is 57.8 Å². The van der Waals surface area contributed by atoms with Crippen LogP contribution in [0.25, 0.3) is 0 Å². The van der Waals surface area contributed by atoms with Gasteiger partial charge in [0.25, 0.3) is 10.1 Å². The molecule has 0 bridgehead atoms. The van der Waals surface area contributed by atoms with Crippen LogP contribution in [0, 0.1) is 0 Å². The molecule has 8 heavy (non-hydrogen) atoms. The van der Waals surface area contributed by atoms with Crippen molar-refractivity contribution in [1.82, 2.24) is 0 Å². The summed E-state index contributed by atoms with van der Waals surface area (Å²) in [5, 5.41) is 0. The molecule has 0 aromatic carbocycles. The smallest absolute Gasteiger partial charge is 0.266 e. The zero-order valence-corrected chi connectivity index (χ0v) is 8.66. The molecule has 0 heterocycles. The quantitative estimate of drug-likeness (QED) is 0.429. The van der Waals surface area contributed by atoms with Crippen molar-refractivity contribution >= 4 is 55.6 Å². The Hall–Kier alpha value is 1.35. The maximum absolute atomic E-state index is 9.71. The summed E-state index contributed by atoms with van der Waals surface area (Å²) in [7, 11) is -3.80. The van der Waals surface area contributed by atoms with E-state index in [0.29, 0.717) is 0 Å². The Balaban J connectivity index is 0. The fourth-order valence-corrected chi connectivity index (χ4v) is 0.447. The van der Waals surface area contributed by atoms with Crippen LogP contribution in [0.3, 0.4) is 0 Å². The molecule has 4 nitrogen and oxygen atoms in total. The van der Waals surface area contributed by atoms with Gasteiger partial charge in [0, 0.05) is 52.0 Å². The summed E-state index contributed by atoms with van der Waals surface area (Å²) < 4.78 is 27.3. The third-order valence-electron chi connectivity index (χ3n) is 0.376. The first-order valence-electron chi connectivity index (χ1n) is 1.71. The zero-order valence-electron chi connectivity index (χ0n) is 4.37. The van der Waals surface area contributed by atoms with E-state index in [4.69, 9.17) is 10.3 Å². The van der Waals surface area contributed by atoms with E-state index in [1.54, 1.807) is 0 Å². The zero-order chi connectivity index (χ0) is 5.91. The third kappa shape index (κ3) is 10.4. The average Bonchev–Trinajstić information content (AvgIpc) is 1.30. The molecule has 0 fully saturated rings. The summed E-state index contributed by atoms with van der Waals surface area (Å²) in [5.74, 6) is -0.354. The van der Waals surface area contributed by atoms with Gasteiger partial charge in [-0.05, 0) is 0 Å². The summed E-state index contributed by atoms with van der Waals surface area (Å²) in [6.45, 7) is -0.0289. The molecule has 46 valence electrons. The van der Waals surface area contributed by atoms with E-state index >= 15 is 0 Å². The molecule has 6 heteroatoms. The predicted octanol–water partition coefficient (Wildman–Crippen LogP) is -1.55. The van der Waals surface area contributed by atoms with Gasteiger partial charge in [0.15, 0.2) is 0 Å². The molecular weight excluding hydrogens is 206 g/mol. The fraction of sp³-hybridized carbons (Fsp3) is 1.00. The monoisotopic (exact) mass is 213 g/mol. The topological polar surface area (TPSA) is 80.4 Å². The van der Waals surface area contributed by atoms with Gasteiger partial charge in [-0.25, -0.2) is 0 Å². The van der Waals surface area contributed by atoms with Crippen molar-refractivity contribution in [2.24, 2.45) is 5.73 Å². The van der Waals surface area contributed by atoms with Crippen molar-refractivity contribution < 1.29 is 13.0 Å². The predicted molar refractivity (Wildman–Crippen MR) is 31.2 cm³/mol. The molecule has 0 saturated heterocycles. The van der Waals surface area contributed by atoms with E-state index in [1.807, 2.05) is 0 Å². The van der Waals surface area contributed by atoms with Crippen LogP contribution in [-0.4, -0.2) is 70.7 Å². The summed E-state index contributed by atoms with van der Waals surface area (Å²) in [6, 6.07) is 0. The first kappa shape index (κ1) is 12.1. The second-order valence-corrected chi connectivity index (χ2v) is 2.65. The molecule has 3 N–H and O–H groups in total.